The van der Waals surface area contributed by atoms with E-state index in [1.807, 2.05) is 0 Å². The van der Waals surface area contributed by atoms with Crippen molar-refractivity contribution in [3.05, 3.63) is 40.2 Å². The highest BCUT2D eigenvalue weighted by Crippen LogP contribution is 2.21. The van der Waals surface area contributed by atoms with Gasteiger partial charge in [0.25, 0.3) is 5.91 Å². The molecule has 20 heavy (non-hydrogen) atoms. The lowest BCUT2D eigenvalue weighted by molar-refractivity contribution is -0.137. The maximum Gasteiger partial charge on any atom is 0.349 e. The predicted octanol–water partition coefficient (Wildman–Crippen LogP) is 1.45. The number of benzene rings is 1. The van der Waals surface area contributed by atoms with E-state index in [1.54, 1.807) is 26.0 Å². The molecule has 1 aromatic heterocycles. The topological polar surface area (TPSA) is 99.6 Å². The number of rotatable bonds is 3. The summed E-state index contributed by atoms with van der Waals surface area (Å²) in [6, 6.07) is 5.89. The Bertz CT molecular complexity index is 745. The van der Waals surface area contributed by atoms with Gasteiger partial charge in [0.2, 0.25) is 0 Å². The van der Waals surface area contributed by atoms with Gasteiger partial charge < -0.3 is 14.9 Å². The number of primary amides is 1. The van der Waals surface area contributed by atoms with Crippen LogP contribution in [-0.4, -0.2) is 11.9 Å². The normalized spacial score (nSPS) is 10.8. The molecule has 2 aromatic rings. The van der Waals surface area contributed by atoms with Crippen LogP contribution in [0.4, 0.5) is 0 Å². The molecule has 6 nitrogen and oxygen atoms in total. The number of ether oxygens (including phenoxy) is 1. The van der Waals surface area contributed by atoms with Gasteiger partial charge in [0.1, 0.15) is 16.9 Å². The zero-order valence-electron chi connectivity index (χ0n) is 11.0. The Balaban J connectivity index is 2.45. The third kappa shape index (κ3) is 2.69. The van der Waals surface area contributed by atoms with E-state index < -0.39 is 11.5 Å². The highest BCUT2D eigenvalue weighted by atomic mass is 16.5. The summed E-state index contributed by atoms with van der Waals surface area (Å²) in [5.41, 5.74) is 4.24. The Kier molecular flexibility index (Phi) is 3.56. The lowest BCUT2D eigenvalue weighted by Gasteiger charge is -2.07. The molecule has 1 heterocycles. The van der Waals surface area contributed by atoms with Crippen molar-refractivity contribution in [2.24, 2.45) is 11.7 Å². The van der Waals surface area contributed by atoms with Crippen molar-refractivity contribution in [1.82, 2.24) is 0 Å². The maximum absolute atomic E-state index is 11.5. The first-order valence-electron chi connectivity index (χ1n) is 5.98. The highest BCUT2D eigenvalue weighted by Gasteiger charge is 2.13. The van der Waals surface area contributed by atoms with Gasteiger partial charge in [0.15, 0.2) is 0 Å². The van der Waals surface area contributed by atoms with Gasteiger partial charge in [-0.1, -0.05) is 13.8 Å². The summed E-state index contributed by atoms with van der Waals surface area (Å²) in [5, 5.41) is 0.516. The average molecular weight is 275 g/mol. The van der Waals surface area contributed by atoms with Crippen LogP contribution < -0.4 is 16.1 Å². The van der Waals surface area contributed by atoms with Crippen LogP contribution in [0.3, 0.4) is 0 Å². The third-order valence-corrected chi connectivity index (χ3v) is 2.66. The van der Waals surface area contributed by atoms with Crippen molar-refractivity contribution in [1.29, 1.82) is 0 Å². The van der Waals surface area contributed by atoms with Gasteiger partial charge in [-0.15, -0.1) is 0 Å². The van der Waals surface area contributed by atoms with E-state index in [-0.39, 0.29) is 28.8 Å². The Hall–Kier alpha value is -2.63. The van der Waals surface area contributed by atoms with Crippen LogP contribution in [0, 0.1) is 5.92 Å². The summed E-state index contributed by atoms with van der Waals surface area (Å²) in [6.07, 6.45) is 0. The average Bonchev–Trinajstić information content (AvgIpc) is 2.37. The molecule has 1 amide bonds. The summed E-state index contributed by atoms with van der Waals surface area (Å²) in [6.45, 7) is 3.42. The molecule has 0 radical (unpaired) electrons. The van der Waals surface area contributed by atoms with Gasteiger partial charge >= 0.3 is 11.6 Å². The lowest BCUT2D eigenvalue weighted by Crippen LogP contribution is -2.20. The van der Waals surface area contributed by atoms with E-state index in [2.05, 4.69) is 0 Å². The number of nitrogens with two attached hydrogens (primary N) is 1. The van der Waals surface area contributed by atoms with Gasteiger partial charge in [0, 0.05) is 11.5 Å². The molecule has 104 valence electrons. The van der Waals surface area contributed by atoms with E-state index in [0.717, 1.165) is 0 Å². The summed E-state index contributed by atoms with van der Waals surface area (Å²) >= 11 is 0. The molecule has 6 heteroatoms. The zero-order valence-corrected chi connectivity index (χ0v) is 11.0. The lowest BCUT2D eigenvalue weighted by atomic mass is 10.1. The number of carbonyl (C=O) groups excluding carboxylic acids is 2. The Morgan fingerprint density at radius 2 is 1.95 bits per heavy atom. The molecule has 0 aliphatic heterocycles. The Morgan fingerprint density at radius 1 is 1.25 bits per heavy atom. The SMILES string of the molecule is CC(C)C(=O)Oc1ccc2cc(C(N)=O)c(=O)oc2c1. The van der Waals surface area contributed by atoms with Gasteiger partial charge in [-0.05, 0) is 18.2 Å². The second-order valence-corrected chi connectivity index (χ2v) is 4.59. The van der Waals surface area contributed by atoms with E-state index in [9.17, 15) is 14.4 Å². The Morgan fingerprint density at radius 3 is 2.55 bits per heavy atom. The quantitative estimate of drug-likeness (QED) is 0.519. The minimum absolute atomic E-state index is 0.217. The van der Waals surface area contributed by atoms with Crippen LogP contribution in [0.1, 0.15) is 24.2 Å². The second kappa shape index (κ2) is 5.16. The van der Waals surface area contributed by atoms with Crippen molar-refractivity contribution >= 4 is 22.8 Å². The van der Waals surface area contributed by atoms with Gasteiger partial charge in [-0.2, -0.15) is 0 Å². The molecule has 0 atom stereocenters. The first-order chi connectivity index (χ1) is 9.38. The first-order valence-corrected chi connectivity index (χ1v) is 5.98. The summed E-state index contributed by atoms with van der Waals surface area (Å²) in [7, 11) is 0. The summed E-state index contributed by atoms with van der Waals surface area (Å²) in [4.78, 5) is 34.1. The van der Waals surface area contributed by atoms with Crippen LogP contribution >= 0.6 is 0 Å². The number of hydrogen-bond donors (Lipinski definition) is 1. The van der Waals surface area contributed by atoms with E-state index >= 15 is 0 Å². The summed E-state index contributed by atoms with van der Waals surface area (Å²) in [5.74, 6) is -1.24. The van der Waals surface area contributed by atoms with Gasteiger partial charge in [-0.25, -0.2) is 4.79 Å². The van der Waals surface area contributed by atoms with Crippen LogP contribution in [0.5, 0.6) is 5.75 Å². The van der Waals surface area contributed by atoms with Crippen molar-refractivity contribution in [2.45, 2.75) is 13.8 Å². The third-order valence-electron chi connectivity index (χ3n) is 2.66. The molecule has 0 saturated heterocycles. The molecular weight excluding hydrogens is 262 g/mol. The summed E-state index contributed by atoms with van der Waals surface area (Å²) < 4.78 is 10.1. The van der Waals surface area contributed by atoms with Crippen molar-refractivity contribution in [3.63, 3.8) is 0 Å². The maximum atomic E-state index is 11.5. The van der Waals surface area contributed by atoms with E-state index in [0.29, 0.717) is 5.39 Å². The van der Waals surface area contributed by atoms with E-state index in [4.69, 9.17) is 14.9 Å². The molecule has 0 fully saturated rings. The monoisotopic (exact) mass is 275 g/mol. The van der Waals surface area contributed by atoms with Crippen molar-refractivity contribution < 1.29 is 18.7 Å². The molecule has 0 saturated carbocycles. The molecule has 0 bridgehead atoms. The number of amides is 1. The number of hydrogen-bond acceptors (Lipinski definition) is 5. The van der Waals surface area contributed by atoms with Gasteiger partial charge in [0.05, 0.1) is 5.92 Å². The van der Waals surface area contributed by atoms with Crippen LogP contribution in [-0.2, 0) is 4.79 Å². The van der Waals surface area contributed by atoms with Crippen molar-refractivity contribution in [2.75, 3.05) is 0 Å². The minimum atomic E-state index is -0.851. The number of carbonyl (C=O) groups is 2. The fourth-order valence-electron chi connectivity index (χ4n) is 1.56. The molecule has 0 aliphatic rings. The second-order valence-electron chi connectivity index (χ2n) is 4.59. The molecule has 2 N–H and O–H groups in total. The van der Waals surface area contributed by atoms with Crippen LogP contribution in [0.15, 0.2) is 33.5 Å². The molecule has 0 spiro atoms. The fraction of sp³-hybridized carbons (Fsp3) is 0.214. The largest absolute Gasteiger partial charge is 0.426 e. The molecule has 2 rings (SSSR count). The smallest absolute Gasteiger partial charge is 0.349 e. The zero-order chi connectivity index (χ0) is 14.9. The Labute approximate surface area is 114 Å². The number of fused-ring (bicyclic) bond motifs is 1. The minimum Gasteiger partial charge on any atom is -0.426 e. The molecule has 0 aliphatic carbocycles. The fourth-order valence-corrected chi connectivity index (χ4v) is 1.56. The van der Waals surface area contributed by atoms with Crippen LogP contribution in [0.25, 0.3) is 11.0 Å². The molecule has 1 aromatic carbocycles. The highest BCUT2D eigenvalue weighted by molar-refractivity contribution is 5.95. The van der Waals surface area contributed by atoms with Crippen LogP contribution in [0.2, 0.25) is 0 Å². The standard InChI is InChI=1S/C14H13NO5/c1-7(2)13(17)19-9-4-3-8-5-10(12(15)16)14(18)20-11(8)6-9/h3-7H,1-2H3,(H2,15,16). The van der Waals surface area contributed by atoms with Crippen molar-refractivity contribution in [3.8, 4) is 5.75 Å². The first kappa shape index (κ1) is 13.8. The number of esters is 1. The molecule has 0 unspecified atom stereocenters. The molecular formula is C14H13NO5. The van der Waals surface area contributed by atoms with Gasteiger partial charge in [-0.3, -0.25) is 9.59 Å². The predicted molar refractivity (Wildman–Crippen MR) is 71.5 cm³/mol. The van der Waals surface area contributed by atoms with E-state index in [1.165, 1.54) is 12.1 Å².